The van der Waals surface area contributed by atoms with Crippen LogP contribution in [0.5, 0.6) is 0 Å². The average molecular weight is 319 g/mol. The third-order valence-corrected chi connectivity index (χ3v) is 4.07. The van der Waals surface area contributed by atoms with Gasteiger partial charge in [-0.15, -0.1) is 0 Å². The summed E-state index contributed by atoms with van der Waals surface area (Å²) in [6.07, 6.45) is 0.938. The number of likely N-dealkylation sites (N-methyl/N-ethyl adjacent to an activating group) is 1. The topological polar surface area (TPSA) is 79.7 Å². The van der Waals surface area contributed by atoms with Crippen molar-refractivity contribution in [2.75, 3.05) is 13.1 Å². The molecule has 23 heavy (non-hydrogen) atoms. The summed E-state index contributed by atoms with van der Waals surface area (Å²) in [5.41, 5.74) is 2.25. The number of Topliss-reactive ketones (excluding diaryl/α,β-unsaturated/α-hetero) is 1. The Morgan fingerprint density at radius 3 is 2.17 bits per heavy atom. The molecule has 1 aliphatic heterocycles. The van der Waals surface area contributed by atoms with E-state index < -0.39 is 24.4 Å². The number of amides is 4. The smallest absolute Gasteiger partial charge is 0.334 e. The molecule has 1 fully saturated rings. The van der Waals surface area contributed by atoms with Gasteiger partial charge >= 0.3 is 17.8 Å². The van der Waals surface area contributed by atoms with E-state index in [2.05, 4.69) is 0 Å². The van der Waals surface area contributed by atoms with E-state index in [0.29, 0.717) is 5.56 Å². The number of rotatable bonds is 6. The molecule has 1 aromatic rings. The Hall–Kier alpha value is -2.44. The second kappa shape index (κ2) is 6.36. The van der Waals surface area contributed by atoms with E-state index in [9.17, 15) is 19.2 Å². The lowest BCUT2D eigenvalue weighted by Gasteiger charge is -2.13. The molecule has 124 valence electrons. The molecule has 1 saturated heterocycles. The monoisotopic (exact) mass is 319 g/mol. The molecule has 7 heteroatoms. The lowest BCUT2D eigenvalue weighted by Crippen LogP contribution is -2.37. The van der Waals surface area contributed by atoms with Crippen LogP contribution in [-0.4, -0.2) is 51.1 Å². The van der Waals surface area contributed by atoms with Gasteiger partial charge in [0.25, 0.3) is 0 Å². The van der Waals surface area contributed by atoms with Crippen molar-refractivity contribution in [1.82, 2.24) is 14.4 Å². The second-order valence-corrected chi connectivity index (χ2v) is 5.58. The van der Waals surface area contributed by atoms with E-state index in [1.165, 1.54) is 0 Å². The van der Waals surface area contributed by atoms with Crippen LogP contribution >= 0.6 is 0 Å². The van der Waals surface area contributed by atoms with Gasteiger partial charge in [0, 0.05) is 30.0 Å². The maximum absolute atomic E-state index is 12.5. The van der Waals surface area contributed by atoms with Gasteiger partial charge < -0.3 is 4.57 Å². The molecule has 0 aliphatic carbocycles. The molecule has 1 aromatic heterocycles. The van der Waals surface area contributed by atoms with Crippen LogP contribution in [0.2, 0.25) is 0 Å². The standard InChI is InChI=1S/C16H21N3O4/c1-5-7-18-10(3)8-12(11(18)4)13(20)9-19-15(22)14(21)17(6-2)16(19)23/h8H,5-7,9H2,1-4H3. The van der Waals surface area contributed by atoms with Gasteiger partial charge in [-0.1, -0.05) is 6.92 Å². The van der Waals surface area contributed by atoms with Gasteiger partial charge in [0.15, 0.2) is 5.78 Å². The largest absolute Gasteiger partial charge is 0.348 e. The Bertz CT molecular complexity index is 690. The zero-order chi connectivity index (χ0) is 17.3. The molecule has 1 aliphatic rings. The molecule has 0 N–H and O–H groups in total. The highest BCUT2D eigenvalue weighted by atomic mass is 16.2. The predicted molar refractivity (Wildman–Crippen MR) is 83.0 cm³/mol. The van der Waals surface area contributed by atoms with Crippen LogP contribution in [0.3, 0.4) is 0 Å². The van der Waals surface area contributed by atoms with Crippen molar-refractivity contribution in [3.63, 3.8) is 0 Å². The number of aryl methyl sites for hydroxylation is 1. The SMILES string of the molecule is CCCn1c(C)cc(C(=O)CN2C(=O)C(=O)N(CC)C2=O)c1C. The fraction of sp³-hybridized carbons (Fsp3) is 0.500. The molecule has 0 radical (unpaired) electrons. The predicted octanol–water partition coefficient (Wildman–Crippen LogP) is 1.51. The summed E-state index contributed by atoms with van der Waals surface area (Å²) in [4.78, 5) is 49.6. The first-order valence-electron chi connectivity index (χ1n) is 7.70. The number of carbonyl (C=O) groups excluding carboxylic acids is 4. The lowest BCUT2D eigenvalue weighted by molar-refractivity contribution is -0.143. The van der Waals surface area contributed by atoms with Gasteiger partial charge in [-0.3, -0.25) is 19.3 Å². The van der Waals surface area contributed by atoms with Crippen LogP contribution < -0.4 is 0 Å². The fourth-order valence-electron chi connectivity index (χ4n) is 2.85. The van der Waals surface area contributed by atoms with E-state index in [1.807, 2.05) is 25.3 Å². The molecule has 0 atom stereocenters. The van der Waals surface area contributed by atoms with Crippen molar-refractivity contribution in [1.29, 1.82) is 0 Å². The molecule has 0 aromatic carbocycles. The molecule has 2 rings (SSSR count). The van der Waals surface area contributed by atoms with Crippen molar-refractivity contribution < 1.29 is 19.2 Å². The van der Waals surface area contributed by atoms with E-state index in [4.69, 9.17) is 0 Å². The third kappa shape index (κ3) is 2.78. The van der Waals surface area contributed by atoms with Gasteiger partial charge in [-0.25, -0.2) is 9.69 Å². The number of ketones is 1. The first-order valence-corrected chi connectivity index (χ1v) is 7.70. The quantitative estimate of drug-likeness (QED) is 0.452. The van der Waals surface area contributed by atoms with Crippen LogP contribution in [0.4, 0.5) is 4.79 Å². The zero-order valence-corrected chi connectivity index (χ0v) is 13.9. The summed E-state index contributed by atoms with van der Waals surface area (Å²) in [6.45, 7) is 7.91. The summed E-state index contributed by atoms with van der Waals surface area (Å²) >= 11 is 0. The summed E-state index contributed by atoms with van der Waals surface area (Å²) in [6, 6.07) is 1.04. The van der Waals surface area contributed by atoms with Crippen LogP contribution in [0, 0.1) is 13.8 Å². The first kappa shape index (κ1) is 16.9. The number of nitrogens with zero attached hydrogens (tertiary/aromatic N) is 3. The Morgan fingerprint density at radius 1 is 1.04 bits per heavy atom. The third-order valence-electron chi connectivity index (χ3n) is 4.07. The van der Waals surface area contributed by atoms with Crippen molar-refractivity contribution in [3.05, 3.63) is 23.0 Å². The number of urea groups is 1. The molecular formula is C16H21N3O4. The Labute approximate surface area is 134 Å². The van der Waals surface area contributed by atoms with Crippen molar-refractivity contribution >= 4 is 23.6 Å². The van der Waals surface area contributed by atoms with Crippen LogP contribution in [0.25, 0.3) is 0 Å². The Kier molecular flexibility index (Phi) is 4.68. The van der Waals surface area contributed by atoms with Gasteiger partial charge in [0.2, 0.25) is 0 Å². The minimum absolute atomic E-state index is 0.110. The van der Waals surface area contributed by atoms with E-state index in [1.54, 1.807) is 13.0 Å². The molecule has 2 heterocycles. The fourth-order valence-corrected chi connectivity index (χ4v) is 2.85. The molecule has 0 spiro atoms. The number of hydrogen-bond acceptors (Lipinski definition) is 4. The number of imide groups is 2. The summed E-state index contributed by atoms with van der Waals surface area (Å²) < 4.78 is 2.03. The summed E-state index contributed by atoms with van der Waals surface area (Å²) in [7, 11) is 0. The first-order chi connectivity index (χ1) is 10.8. The van der Waals surface area contributed by atoms with Gasteiger partial charge in [-0.2, -0.15) is 0 Å². The molecular weight excluding hydrogens is 298 g/mol. The van der Waals surface area contributed by atoms with E-state index in [0.717, 1.165) is 34.2 Å². The van der Waals surface area contributed by atoms with Crippen molar-refractivity contribution in [2.24, 2.45) is 0 Å². The number of hydrogen-bond donors (Lipinski definition) is 0. The highest BCUT2D eigenvalue weighted by molar-refractivity contribution is 6.45. The molecule has 4 amide bonds. The lowest BCUT2D eigenvalue weighted by atomic mass is 10.1. The van der Waals surface area contributed by atoms with Crippen LogP contribution in [-0.2, 0) is 16.1 Å². The van der Waals surface area contributed by atoms with Crippen LogP contribution in [0.1, 0.15) is 42.0 Å². The van der Waals surface area contributed by atoms with Crippen molar-refractivity contribution in [2.45, 2.75) is 40.7 Å². The average Bonchev–Trinajstić information content (AvgIpc) is 2.90. The zero-order valence-electron chi connectivity index (χ0n) is 13.9. The van der Waals surface area contributed by atoms with Crippen LogP contribution in [0.15, 0.2) is 6.07 Å². The van der Waals surface area contributed by atoms with Gasteiger partial charge in [-0.05, 0) is 33.3 Å². The summed E-state index contributed by atoms with van der Waals surface area (Å²) in [5, 5.41) is 0. The normalized spacial score (nSPS) is 15.0. The van der Waals surface area contributed by atoms with Crippen molar-refractivity contribution in [3.8, 4) is 0 Å². The second-order valence-electron chi connectivity index (χ2n) is 5.58. The van der Waals surface area contributed by atoms with Gasteiger partial charge in [0.05, 0.1) is 6.54 Å². The molecule has 0 bridgehead atoms. The Balaban J connectivity index is 2.23. The maximum atomic E-state index is 12.5. The highest BCUT2D eigenvalue weighted by Crippen LogP contribution is 2.18. The minimum Gasteiger partial charge on any atom is -0.348 e. The Morgan fingerprint density at radius 2 is 1.65 bits per heavy atom. The minimum atomic E-state index is -0.937. The van der Waals surface area contributed by atoms with E-state index in [-0.39, 0.29) is 12.3 Å². The number of carbonyl (C=O) groups is 4. The molecule has 0 unspecified atom stereocenters. The maximum Gasteiger partial charge on any atom is 0.334 e. The summed E-state index contributed by atoms with van der Waals surface area (Å²) in [5.74, 6) is -2.15. The number of aromatic nitrogens is 1. The molecule has 7 nitrogen and oxygen atoms in total. The van der Waals surface area contributed by atoms with Gasteiger partial charge in [0.1, 0.15) is 0 Å². The van der Waals surface area contributed by atoms with E-state index >= 15 is 0 Å². The molecule has 0 saturated carbocycles. The highest BCUT2D eigenvalue weighted by Gasteiger charge is 2.44.